The van der Waals surface area contributed by atoms with E-state index in [9.17, 15) is 9.59 Å². The molecule has 0 aliphatic carbocycles. The van der Waals surface area contributed by atoms with Crippen LogP contribution in [0.25, 0.3) is 0 Å². The van der Waals surface area contributed by atoms with E-state index in [0.29, 0.717) is 0 Å². The molecule has 0 aliphatic rings. The average molecular weight is 187 g/mol. The molecule has 1 amide bonds. The van der Waals surface area contributed by atoms with E-state index in [-0.39, 0.29) is 5.57 Å². The summed E-state index contributed by atoms with van der Waals surface area (Å²) in [4.78, 5) is 21.5. The van der Waals surface area contributed by atoms with Gasteiger partial charge in [-0.2, -0.15) is 0 Å². The Morgan fingerprint density at radius 3 is 2.15 bits per heavy atom. The molecule has 13 heavy (non-hydrogen) atoms. The number of carboxylic acid groups (broad SMARTS) is 1. The van der Waals surface area contributed by atoms with Crippen LogP contribution in [-0.4, -0.2) is 34.2 Å². The molecule has 5 heteroatoms. The Bertz CT molecular complexity index is 234. The Labute approximate surface area is 76.1 Å². The number of carbonyl (C=O) groups excluding carboxylic acids is 1. The molecule has 0 saturated carbocycles. The lowest BCUT2D eigenvalue weighted by Crippen LogP contribution is -2.47. The zero-order chi connectivity index (χ0) is 10.6. The van der Waals surface area contributed by atoms with Crippen molar-refractivity contribution in [3.05, 3.63) is 12.2 Å². The minimum absolute atomic E-state index is 0.201. The number of aliphatic hydroxyl groups excluding tert-OH is 1. The van der Waals surface area contributed by atoms with Crippen LogP contribution in [0.5, 0.6) is 0 Å². The van der Waals surface area contributed by atoms with Gasteiger partial charge in [0.1, 0.15) is 0 Å². The number of carbonyl (C=O) groups is 2. The fourth-order valence-electron chi connectivity index (χ4n) is 0.653. The highest BCUT2D eigenvalue weighted by Gasteiger charge is 2.24. The van der Waals surface area contributed by atoms with Crippen molar-refractivity contribution in [2.75, 3.05) is 0 Å². The molecule has 0 spiro atoms. The van der Waals surface area contributed by atoms with Gasteiger partial charge in [0.15, 0.2) is 6.04 Å². The third-order valence-corrected chi connectivity index (χ3v) is 1.42. The Hall–Kier alpha value is -1.36. The molecule has 0 aromatic heterocycles. The molecule has 3 N–H and O–H groups in total. The maximum atomic E-state index is 11.0. The molecule has 0 bridgehead atoms. The fourth-order valence-corrected chi connectivity index (χ4v) is 0.653. The van der Waals surface area contributed by atoms with Crippen molar-refractivity contribution in [1.82, 2.24) is 5.32 Å². The number of rotatable bonds is 4. The van der Waals surface area contributed by atoms with Gasteiger partial charge < -0.3 is 15.5 Å². The molecule has 74 valence electrons. The van der Waals surface area contributed by atoms with E-state index in [1.807, 2.05) is 0 Å². The number of carboxylic acids is 1. The van der Waals surface area contributed by atoms with Gasteiger partial charge in [-0.3, -0.25) is 4.79 Å². The summed E-state index contributed by atoms with van der Waals surface area (Å²) in [6.07, 6.45) is -1.14. The summed E-state index contributed by atoms with van der Waals surface area (Å²) in [6.45, 7) is 6.08. The molecule has 0 fully saturated rings. The Morgan fingerprint density at radius 2 is 1.92 bits per heavy atom. The summed E-state index contributed by atoms with van der Waals surface area (Å²) < 4.78 is 0. The molecule has 5 nitrogen and oxygen atoms in total. The number of amides is 1. The van der Waals surface area contributed by atoms with Crippen LogP contribution in [0.3, 0.4) is 0 Å². The summed E-state index contributed by atoms with van der Waals surface area (Å²) in [7, 11) is 0. The topological polar surface area (TPSA) is 86.6 Å². The monoisotopic (exact) mass is 187 g/mol. The first kappa shape index (κ1) is 11.6. The standard InChI is InChI=1S/C8H13NO4/c1-4(2)7(11)9-6(5(3)10)8(12)13/h5-6,10H,1H2,2-3H3,(H,9,11)(H,12,13). The molecule has 0 saturated heterocycles. The molecule has 0 aliphatic heterocycles. The van der Waals surface area contributed by atoms with Crippen molar-refractivity contribution in [3.8, 4) is 0 Å². The minimum atomic E-state index is -1.29. The van der Waals surface area contributed by atoms with Crippen LogP contribution < -0.4 is 5.32 Å². The number of hydrogen-bond donors (Lipinski definition) is 3. The molecular formula is C8H13NO4. The highest BCUT2D eigenvalue weighted by Crippen LogP contribution is 1.95. The third kappa shape index (κ3) is 3.71. The van der Waals surface area contributed by atoms with Crippen molar-refractivity contribution in [1.29, 1.82) is 0 Å². The highest BCUT2D eigenvalue weighted by molar-refractivity contribution is 5.94. The molecule has 0 radical (unpaired) electrons. The molecule has 0 rings (SSSR count). The highest BCUT2D eigenvalue weighted by atomic mass is 16.4. The first-order chi connectivity index (χ1) is 5.86. The van der Waals surface area contributed by atoms with E-state index in [1.165, 1.54) is 13.8 Å². The van der Waals surface area contributed by atoms with Crippen LogP contribution in [0, 0.1) is 0 Å². The van der Waals surface area contributed by atoms with Crippen LogP contribution in [0.15, 0.2) is 12.2 Å². The van der Waals surface area contributed by atoms with Gasteiger partial charge in [-0.15, -0.1) is 0 Å². The van der Waals surface area contributed by atoms with Gasteiger partial charge in [-0.25, -0.2) is 4.79 Å². The summed E-state index contributed by atoms with van der Waals surface area (Å²) in [5, 5.41) is 19.7. The zero-order valence-electron chi connectivity index (χ0n) is 7.57. The van der Waals surface area contributed by atoms with Crippen LogP contribution >= 0.6 is 0 Å². The van der Waals surface area contributed by atoms with Gasteiger partial charge in [-0.1, -0.05) is 6.58 Å². The fraction of sp³-hybridized carbons (Fsp3) is 0.500. The molecule has 0 aromatic carbocycles. The van der Waals surface area contributed by atoms with E-state index in [0.717, 1.165) is 0 Å². The predicted molar refractivity (Wildman–Crippen MR) is 46.1 cm³/mol. The van der Waals surface area contributed by atoms with Gasteiger partial charge in [-0.05, 0) is 13.8 Å². The van der Waals surface area contributed by atoms with E-state index in [2.05, 4.69) is 11.9 Å². The molecule has 0 heterocycles. The smallest absolute Gasteiger partial charge is 0.328 e. The van der Waals surface area contributed by atoms with E-state index >= 15 is 0 Å². The summed E-state index contributed by atoms with van der Waals surface area (Å²) in [6, 6.07) is -1.29. The molecular weight excluding hydrogens is 174 g/mol. The van der Waals surface area contributed by atoms with Gasteiger partial charge in [0, 0.05) is 5.57 Å². The maximum absolute atomic E-state index is 11.0. The normalized spacial score (nSPS) is 14.4. The summed E-state index contributed by atoms with van der Waals surface area (Å²) in [5.74, 6) is -1.85. The molecule has 2 atom stereocenters. The second-order valence-electron chi connectivity index (χ2n) is 2.81. The molecule has 2 unspecified atom stereocenters. The predicted octanol–water partition coefficient (Wildman–Crippen LogP) is -0.487. The number of aliphatic carboxylic acids is 1. The van der Waals surface area contributed by atoms with Crippen molar-refractivity contribution in [3.63, 3.8) is 0 Å². The van der Waals surface area contributed by atoms with E-state index in [1.54, 1.807) is 0 Å². The van der Waals surface area contributed by atoms with Gasteiger partial charge in [0.05, 0.1) is 6.10 Å². The van der Waals surface area contributed by atoms with Crippen molar-refractivity contribution >= 4 is 11.9 Å². The van der Waals surface area contributed by atoms with Crippen LogP contribution in [-0.2, 0) is 9.59 Å². The van der Waals surface area contributed by atoms with Crippen LogP contribution in [0.2, 0.25) is 0 Å². The SMILES string of the molecule is C=C(C)C(=O)NC(C(=O)O)C(C)O. The number of aliphatic hydroxyl groups is 1. The van der Waals surface area contributed by atoms with Crippen molar-refractivity contribution < 1.29 is 19.8 Å². The summed E-state index contributed by atoms with van der Waals surface area (Å²) in [5.41, 5.74) is 0.201. The lowest BCUT2D eigenvalue weighted by molar-refractivity contribution is -0.144. The zero-order valence-corrected chi connectivity index (χ0v) is 7.57. The Balaban J connectivity index is 4.36. The first-order valence-corrected chi connectivity index (χ1v) is 3.73. The van der Waals surface area contributed by atoms with Crippen LogP contribution in [0.1, 0.15) is 13.8 Å². The first-order valence-electron chi connectivity index (χ1n) is 3.73. The largest absolute Gasteiger partial charge is 0.480 e. The molecule has 0 aromatic rings. The van der Waals surface area contributed by atoms with Gasteiger partial charge in [0.2, 0.25) is 5.91 Å². The van der Waals surface area contributed by atoms with Gasteiger partial charge in [0.25, 0.3) is 0 Å². The van der Waals surface area contributed by atoms with Gasteiger partial charge >= 0.3 is 5.97 Å². The van der Waals surface area contributed by atoms with Crippen molar-refractivity contribution in [2.45, 2.75) is 26.0 Å². The van der Waals surface area contributed by atoms with Crippen LogP contribution in [0.4, 0.5) is 0 Å². The third-order valence-electron chi connectivity index (χ3n) is 1.42. The second kappa shape index (κ2) is 4.61. The van der Waals surface area contributed by atoms with E-state index < -0.39 is 24.0 Å². The van der Waals surface area contributed by atoms with E-state index in [4.69, 9.17) is 10.2 Å². The Kier molecular flexibility index (Phi) is 4.13. The quantitative estimate of drug-likeness (QED) is 0.518. The second-order valence-corrected chi connectivity index (χ2v) is 2.81. The Morgan fingerprint density at radius 1 is 1.46 bits per heavy atom. The lowest BCUT2D eigenvalue weighted by Gasteiger charge is -2.16. The number of hydrogen-bond acceptors (Lipinski definition) is 3. The van der Waals surface area contributed by atoms with Crippen molar-refractivity contribution in [2.24, 2.45) is 0 Å². The lowest BCUT2D eigenvalue weighted by atomic mass is 10.1. The number of nitrogens with one attached hydrogen (secondary N) is 1. The maximum Gasteiger partial charge on any atom is 0.328 e. The average Bonchev–Trinajstić information content (AvgIpc) is 1.97. The summed E-state index contributed by atoms with van der Waals surface area (Å²) >= 11 is 0. The minimum Gasteiger partial charge on any atom is -0.480 e.